The van der Waals surface area contributed by atoms with E-state index in [0.29, 0.717) is 50.9 Å². The van der Waals surface area contributed by atoms with Crippen molar-refractivity contribution >= 4 is 28.6 Å². The molecule has 1 saturated heterocycles. The first-order valence-electron chi connectivity index (χ1n) is 11.3. The molecule has 1 aliphatic carbocycles. The molecule has 31 heavy (non-hydrogen) atoms. The number of carbonyl (C=O) groups is 3. The molecule has 1 heterocycles. The summed E-state index contributed by atoms with van der Waals surface area (Å²) in [5.41, 5.74) is -0.170. The summed E-state index contributed by atoms with van der Waals surface area (Å²) in [4.78, 5) is 40.4. The van der Waals surface area contributed by atoms with Crippen LogP contribution in [0.15, 0.2) is 42.5 Å². The Morgan fingerprint density at radius 2 is 1.71 bits per heavy atom. The van der Waals surface area contributed by atoms with Gasteiger partial charge in [0.05, 0.1) is 6.61 Å². The Hall–Kier alpha value is -2.89. The molecular formula is C25H30N2O4. The van der Waals surface area contributed by atoms with Crippen molar-refractivity contribution in [2.45, 2.75) is 51.0 Å². The van der Waals surface area contributed by atoms with Gasteiger partial charge in [-0.25, -0.2) is 4.79 Å². The molecule has 0 bridgehead atoms. The summed E-state index contributed by atoms with van der Waals surface area (Å²) in [5.74, 6) is -0.588. The molecule has 2 fully saturated rings. The van der Waals surface area contributed by atoms with Crippen LogP contribution in [0.25, 0.3) is 10.8 Å². The monoisotopic (exact) mass is 422 g/mol. The van der Waals surface area contributed by atoms with Crippen molar-refractivity contribution in [3.63, 3.8) is 0 Å². The number of carbonyl (C=O) groups excluding carboxylic acids is 3. The van der Waals surface area contributed by atoms with Crippen LogP contribution >= 0.6 is 0 Å². The van der Waals surface area contributed by atoms with Gasteiger partial charge >= 0.3 is 5.97 Å². The average molecular weight is 423 g/mol. The molecule has 4 rings (SSSR count). The lowest BCUT2D eigenvalue weighted by atomic mass is 9.91. The van der Waals surface area contributed by atoms with E-state index in [1.807, 2.05) is 47.4 Å². The van der Waals surface area contributed by atoms with Crippen LogP contribution in [-0.2, 0) is 14.3 Å². The number of ether oxygens (including phenoxy) is 1. The molecular weight excluding hydrogens is 392 g/mol. The Morgan fingerprint density at radius 3 is 2.42 bits per heavy atom. The molecule has 2 aliphatic rings. The topological polar surface area (TPSA) is 75.7 Å². The molecule has 0 radical (unpaired) electrons. The summed E-state index contributed by atoms with van der Waals surface area (Å²) in [5, 5.41) is 5.03. The molecule has 6 heteroatoms. The van der Waals surface area contributed by atoms with Gasteiger partial charge in [0.25, 0.3) is 5.91 Å². The number of amides is 2. The maximum atomic E-state index is 13.1. The summed E-state index contributed by atoms with van der Waals surface area (Å²) in [6.45, 7) is 3.16. The van der Waals surface area contributed by atoms with Gasteiger partial charge in [0.1, 0.15) is 5.54 Å². The Bertz CT molecular complexity index is 967. The summed E-state index contributed by atoms with van der Waals surface area (Å²) in [6.07, 6.45) is 4.29. The van der Waals surface area contributed by atoms with E-state index in [1.54, 1.807) is 6.92 Å². The van der Waals surface area contributed by atoms with Crippen molar-refractivity contribution in [2.24, 2.45) is 5.92 Å². The van der Waals surface area contributed by atoms with Crippen LogP contribution in [0.4, 0.5) is 0 Å². The summed E-state index contributed by atoms with van der Waals surface area (Å²) in [6, 6.07) is 13.7. The van der Waals surface area contributed by atoms with Gasteiger partial charge in [-0.3, -0.25) is 9.59 Å². The van der Waals surface area contributed by atoms with E-state index in [1.165, 1.54) is 0 Å². The highest BCUT2D eigenvalue weighted by molar-refractivity contribution is 6.07. The van der Waals surface area contributed by atoms with Crippen molar-refractivity contribution < 1.29 is 19.1 Å². The third-order valence-electron chi connectivity index (χ3n) is 6.66. The SMILES string of the molecule is CCOC(=O)C1(NC(=O)C2CCN(C(=O)c3cccc4ccccc34)CC2)CCCC1. The maximum Gasteiger partial charge on any atom is 0.331 e. The second-order valence-corrected chi connectivity index (χ2v) is 8.59. The molecule has 2 aromatic rings. The van der Waals surface area contributed by atoms with Gasteiger partial charge in [-0.05, 0) is 49.4 Å². The van der Waals surface area contributed by atoms with Crippen molar-refractivity contribution in [2.75, 3.05) is 19.7 Å². The Morgan fingerprint density at radius 1 is 1.03 bits per heavy atom. The summed E-state index contributed by atoms with van der Waals surface area (Å²) < 4.78 is 5.24. The van der Waals surface area contributed by atoms with E-state index in [9.17, 15) is 14.4 Å². The molecule has 6 nitrogen and oxygen atoms in total. The molecule has 1 aliphatic heterocycles. The molecule has 0 atom stereocenters. The molecule has 2 aromatic carbocycles. The minimum atomic E-state index is -0.872. The molecule has 1 N–H and O–H groups in total. The number of hydrogen-bond acceptors (Lipinski definition) is 4. The number of hydrogen-bond donors (Lipinski definition) is 1. The lowest BCUT2D eigenvalue weighted by Crippen LogP contribution is -2.56. The first kappa shape index (κ1) is 21.3. The van der Waals surface area contributed by atoms with Crippen LogP contribution in [0, 0.1) is 5.92 Å². The highest BCUT2D eigenvalue weighted by Crippen LogP contribution is 2.32. The van der Waals surface area contributed by atoms with E-state index in [4.69, 9.17) is 4.74 Å². The van der Waals surface area contributed by atoms with Crippen LogP contribution in [0.3, 0.4) is 0 Å². The number of esters is 1. The zero-order chi connectivity index (χ0) is 21.8. The van der Waals surface area contributed by atoms with Gasteiger partial charge in [-0.1, -0.05) is 49.2 Å². The van der Waals surface area contributed by atoms with E-state index < -0.39 is 5.54 Å². The number of piperidine rings is 1. The second kappa shape index (κ2) is 9.08. The van der Waals surface area contributed by atoms with Crippen LogP contribution < -0.4 is 5.32 Å². The minimum absolute atomic E-state index is 0.00875. The Balaban J connectivity index is 1.39. The Kier molecular flexibility index (Phi) is 6.25. The van der Waals surface area contributed by atoms with Gasteiger partial charge in [0.15, 0.2) is 0 Å². The predicted octanol–water partition coefficient (Wildman–Crippen LogP) is 3.68. The normalized spacial score (nSPS) is 18.7. The predicted molar refractivity (Wildman–Crippen MR) is 119 cm³/mol. The minimum Gasteiger partial charge on any atom is -0.464 e. The molecule has 0 unspecified atom stereocenters. The number of likely N-dealkylation sites (tertiary alicyclic amines) is 1. The Labute approximate surface area is 182 Å². The average Bonchev–Trinajstić information content (AvgIpc) is 3.28. The maximum absolute atomic E-state index is 13.1. The quantitative estimate of drug-likeness (QED) is 0.746. The van der Waals surface area contributed by atoms with E-state index >= 15 is 0 Å². The number of fused-ring (bicyclic) bond motifs is 1. The standard InChI is InChI=1S/C25H30N2O4/c1-2-31-24(30)25(14-5-6-15-25)26-22(28)19-12-16-27(17-13-19)23(29)21-11-7-9-18-8-3-4-10-20(18)21/h3-4,7-11,19H,2,5-6,12-17H2,1H3,(H,26,28). The first-order valence-corrected chi connectivity index (χ1v) is 11.3. The van der Waals surface area contributed by atoms with Crippen LogP contribution in [0.2, 0.25) is 0 Å². The zero-order valence-corrected chi connectivity index (χ0v) is 18.1. The molecule has 0 aromatic heterocycles. The number of benzene rings is 2. The molecule has 0 spiro atoms. The number of nitrogens with one attached hydrogen (secondary N) is 1. The number of nitrogens with zero attached hydrogens (tertiary/aromatic N) is 1. The fourth-order valence-corrected chi connectivity index (χ4v) is 4.89. The van der Waals surface area contributed by atoms with Gasteiger partial charge < -0.3 is 15.0 Å². The third kappa shape index (κ3) is 4.29. The van der Waals surface area contributed by atoms with Crippen molar-refractivity contribution in [3.8, 4) is 0 Å². The highest BCUT2D eigenvalue weighted by Gasteiger charge is 2.45. The van der Waals surface area contributed by atoms with Gasteiger partial charge in [-0.2, -0.15) is 0 Å². The van der Waals surface area contributed by atoms with E-state index in [-0.39, 0.29) is 23.7 Å². The van der Waals surface area contributed by atoms with Gasteiger partial charge in [0.2, 0.25) is 5.91 Å². The smallest absolute Gasteiger partial charge is 0.331 e. The summed E-state index contributed by atoms with van der Waals surface area (Å²) in [7, 11) is 0. The van der Waals surface area contributed by atoms with E-state index in [0.717, 1.165) is 23.6 Å². The fraction of sp³-hybridized carbons (Fsp3) is 0.480. The van der Waals surface area contributed by atoms with Crippen LogP contribution in [-0.4, -0.2) is 47.9 Å². The third-order valence-corrected chi connectivity index (χ3v) is 6.66. The lowest BCUT2D eigenvalue weighted by molar-refractivity contribution is -0.153. The molecule has 2 amide bonds. The van der Waals surface area contributed by atoms with E-state index in [2.05, 4.69) is 5.32 Å². The summed E-state index contributed by atoms with van der Waals surface area (Å²) >= 11 is 0. The lowest BCUT2D eigenvalue weighted by Gasteiger charge is -2.34. The van der Waals surface area contributed by atoms with Crippen LogP contribution in [0.1, 0.15) is 55.8 Å². The first-order chi connectivity index (χ1) is 15.0. The molecule has 164 valence electrons. The van der Waals surface area contributed by atoms with Crippen LogP contribution in [0.5, 0.6) is 0 Å². The number of rotatable bonds is 5. The van der Waals surface area contributed by atoms with Gasteiger partial charge in [-0.15, -0.1) is 0 Å². The highest BCUT2D eigenvalue weighted by atomic mass is 16.5. The van der Waals surface area contributed by atoms with Crippen molar-refractivity contribution in [3.05, 3.63) is 48.0 Å². The van der Waals surface area contributed by atoms with Crippen molar-refractivity contribution in [1.29, 1.82) is 0 Å². The zero-order valence-electron chi connectivity index (χ0n) is 18.1. The molecule has 1 saturated carbocycles. The van der Waals surface area contributed by atoms with Gasteiger partial charge in [0, 0.05) is 24.6 Å². The fourth-order valence-electron chi connectivity index (χ4n) is 4.89. The second-order valence-electron chi connectivity index (χ2n) is 8.59. The largest absolute Gasteiger partial charge is 0.464 e. The van der Waals surface area contributed by atoms with Crippen molar-refractivity contribution in [1.82, 2.24) is 10.2 Å².